The highest BCUT2D eigenvalue weighted by Crippen LogP contribution is 2.23. The molecule has 0 radical (unpaired) electrons. The lowest BCUT2D eigenvalue weighted by molar-refractivity contribution is -0.385. The van der Waals surface area contributed by atoms with Crippen LogP contribution in [-0.4, -0.2) is 22.0 Å². The molecule has 0 aliphatic heterocycles. The summed E-state index contributed by atoms with van der Waals surface area (Å²) in [5.74, 6) is -0.391. The predicted molar refractivity (Wildman–Crippen MR) is 75.8 cm³/mol. The third-order valence-electron chi connectivity index (χ3n) is 3.54. The van der Waals surface area contributed by atoms with Crippen molar-refractivity contribution in [2.45, 2.75) is 39.7 Å². The Morgan fingerprint density at radius 1 is 1.40 bits per heavy atom. The fourth-order valence-corrected chi connectivity index (χ4v) is 2.26. The number of hydrogen-bond acceptors (Lipinski definition) is 4. The smallest absolute Gasteiger partial charge is 0.282 e. The summed E-state index contributed by atoms with van der Waals surface area (Å²) in [6.45, 7) is 5.95. The largest absolute Gasteiger partial charge is 0.508 e. The molecule has 0 aliphatic carbocycles. The van der Waals surface area contributed by atoms with Gasteiger partial charge in [-0.15, -0.1) is 0 Å². The highest BCUT2D eigenvalue weighted by atomic mass is 16.6. The number of nitrogens with one attached hydrogen (secondary N) is 1. The lowest BCUT2D eigenvalue weighted by atomic mass is 9.95. The van der Waals surface area contributed by atoms with E-state index in [-0.39, 0.29) is 23.0 Å². The molecule has 6 heteroatoms. The van der Waals surface area contributed by atoms with Crippen molar-refractivity contribution in [1.29, 1.82) is 0 Å². The summed E-state index contributed by atoms with van der Waals surface area (Å²) in [6.07, 6.45) is 1.83. The molecule has 1 aromatic carbocycles. The molecule has 6 nitrogen and oxygen atoms in total. The van der Waals surface area contributed by atoms with Gasteiger partial charge in [-0.2, -0.15) is 0 Å². The Balaban J connectivity index is 2.97. The average Bonchev–Trinajstić information content (AvgIpc) is 2.39. The molecule has 0 spiro atoms. The van der Waals surface area contributed by atoms with Crippen molar-refractivity contribution in [3.63, 3.8) is 0 Å². The van der Waals surface area contributed by atoms with Gasteiger partial charge in [0.15, 0.2) is 0 Å². The average molecular weight is 280 g/mol. The Morgan fingerprint density at radius 2 is 2.00 bits per heavy atom. The molecule has 1 atom stereocenters. The maximum Gasteiger partial charge on any atom is 0.282 e. The van der Waals surface area contributed by atoms with Crippen LogP contribution in [0.1, 0.15) is 44.0 Å². The molecule has 0 bridgehead atoms. The van der Waals surface area contributed by atoms with Gasteiger partial charge in [0.25, 0.3) is 11.6 Å². The number of amides is 1. The molecule has 20 heavy (non-hydrogen) atoms. The van der Waals surface area contributed by atoms with Crippen LogP contribution in [0, 0.1) is 16.0 Å². The van der Waals surface area contributed by atoms with E-state index >= 15 is 0 Å². The molecule has 110 valence electrons. The number of nitro benzene ring substituents is 1. The zero-order valence-electron chi connectivity index (χ0n) is 11.9. The topological polar surface area (TPSA) is 92.5 Å². The first-order chi connectivity index (χ1) is 9.40. The van der Waals surface area contributed by atoms with Gasteiger partial charge < -0.3 is 10.4 Å². The van der Waals surface area contributed by atoms with Crippen LogP contribution in [0.25, 0.3) is 0 Å². The van der Waals surface area contributed by atoms with Crippen molar-refractivity contribution >= 4 is 11.6 Å². The fraction of sp³-hybridized carbons (Fsp3) is 0.500. The summed E-state index contributed by atoms with van der Waals surface area (Å²) in [5.41, 5.74) is -0.426. The van der Waals surface area contributed by atoms with Gasteiger partial charge in [0.1, 0.15) is 11.3 Å². The van der Waals surface area contributed by atoms with E-state index in [0.29, 0.717) is 5.92 Å². The van der Waals surface area contributed by atoms with Gasteiger partial charge in [-0.3, -0.25) is 14.9 Å². The third kappa shape index (κ3) is 3.69. The Morgan fingerprint density at radius 3 is 2.50 bits per heavy atom. The van der Waals surface area contributed by atoms with Crippen LogP contribution in [0.3, 0.4) is 0 Å². The lowest BCUT2D eigenvalue weighted by Crippen LogP contribution is -2.38. The molecule has 0 fully saturated rings. The molecule has 1 unspecified atom stereocenters. The Labute approximate surface area is 118 Å². The lowest BCUT2D eigenvalue weighted by Gasteiger charge is -2.22. The summed E-state index contributed by atoms with van der Waals surface area (Å²) < 4.78 is 0. The SMILES string of the molecule is CCC(CC)C(C)NC(=O)c1cc(O)ccc1[N+](=O)[O-]. The van der Waals surface area contributed by atoms with Crippen molar-refractivity contribution in [2.24, 2.45) is 5.92 Å². The van der Waals surface area contributed by atoms with Crippen LogP contribution >= 0.6 is 0 Å². The molecule has 1 aromatic rings. The minimum atomic E-state index is -0.629. The van der Waals surface area contributed by atoms with Gasteiger partial charge in [-0.25, -0.2) is 0 Å². The second-order valence-electron chi connectivity index (χ2n) is 4.80. The summed E-state index contributed by atoms with van der Waals surface area (Å²) in [5, 5.41) is 23.1. The maximum atomic E-state index is 12.1. The quantitative estimate of drug-likeness (QED) is 0.619. The maximum absolute atomic E-state index is 12.1. The van der Waals surface area contributed by atoms with Crippen molar-refractivity contribution in [1.82, 2.24) is 5.32 Å². The number of hydrogen-bond donors (Lipinski definition) is 2. The van der Waals surface area contributed by atoms with E-state index in [4.69, 9.17) is 0 Å². The van der Waals surface area contributed by atoms with Crippen LogP contribution in [0.2, 0.25) is 0 Å². The van der Waals surface area contributed by atoms with Gasteiger partial charge in [-0.1, -0.05) is 26.7 Å². The van der Waals surface area contributed by atoms with Gasteiger partial charge in [0.2, 0.25) is 0 Å². The number of benzene rings is 1. The molecule has 0 saturated carbocycles. The number of carbonyl (C=O) groups excluding carboxylic acids is 1. The molecular weight excluding hydrogens is 260 g/mol. The standard InChI is InChI=1S/C14H20N2O4/c1-4-10(5-2)9(3)15-14(18)12-8-11(17)6-7-13(12)16(19)20/h6-10,17H,4-5H2,1-3H3,(H,15,18). The van der Waals surface area contributed by atoms with Crippen LogP contribution in [0.15, 0.2) is 18.2 Å². The predicted octanol–water partition coefficient (Wildman–Crippen LogP) is 2.85. The van der Waals surface area contributed by atoms with Crippen LogP contribution < -0.4 is 5.32 Å². The van der Waals surface area contributed by atoms with Crippen molar-refractivity contribution < 1.29 is 14.8 Å². The van der Waals surface area contributed by atoms with Crippen LogP contribution in [-0.2, 0) is 0 Å². The Kier molecular flexibility index (Phi) is 5.49. The summed E-state index contributed by atoms with van der Waals surface area (Å²) in [4.78, 5) is 22.4. The van der Waals surface area contributed by atoms with E-state index in [9.17, 15) is 20.0 Å². The molecule has 2 N–H and O–H groups in total. The number of phenols is 1. The monoisotopic (exact) mass is 280 g/mol. The first-order valence-corrected chi connectivity index (χ1v) is 6.68. The van der Waals surface area contributed by atoms with E-state index in [0.717, 1.165) is 25.0 Å². The number of aromatic hydroxyl groups is 1. The zero-order valence-corrected chi connectivity index (χ0v) is 11.9. The minimum Gasteiger partial charge on any atom is -0.508 e. The van der Waals surface area contributed by atoms with Gasteiger partial charge in [0, 0.05) is 12.1 Å². The van der Waals surface area contributed by atoms with E-state index in [1.54, 1.807) is 0 Å². The molecule has 0 saturated heterocycles. The summed E-state index contributed by atoms with van der Waals surface area (Å²) >= 11 is 0. The molecule has 1 amide bonds. The second-order valence-corrected chi connectivity index (χ2v) is 4.80. The first-order valence-electron chi connectivity index (χ1n) is 6.68. The number of nitro groups is 1. The number of carbonyl (C=O) groups is 1. The van der Waals surface area contributed by atoms with Crippen molar-refractivity contribution in [2.75, 3.05) is 0 Å². The van der Waals surface area contributed by atoms with E-state index in [1.165, 1.54) is 6.07 Å². The van der Waals surface area contributed by atoms with Gasteiger partial charge in [0.05, 0.1) is 4.92 Å². The highest BCUT2D eigenvalue weighted by Gasteiger charge is 2.23. The first kappa shape index (κ1) is 15.9. The molecule has 1 rings (SSSR count). The number of nitrogens with zero attached hydrogens (tertiary/aromatic N) is 1. The van der Waals surface area contributed by atoms with E-state index in [1.807, 2.05) is 20.8 Å². The molecular formula is C14H20N2O4. The summed E-state index contributed by atoms with van der Waals surface area (Å²) in [6, 6.07) is 3.36. The highest BCUT2D eigenvalue weighted by molar-refractivity contribution is 5.98. The molecule has 0 aliphatic rings. The number of rotatable bonds is 6. The van der Waals surface area contributed by atoms with Gasteiger partial charge >= 0.3 is 0 Å². The molecule has 0 heterocycles. The summed E-state index contributed by atoms with van der Waals surface area (Å²) in [7, 11) is 0. The Bertz CT molecular complexity index is 498. The Hall–Kier alpha value is -2.11. The second kappa shape index (κ2) is 6.88. The van der Waals surface area contributed by atoms with Crippen molar-refractivity contribution in [3.05, 3.63) is 33.9 Å². The van der Waals surface area contributed by atoms with Crippen LogP contribution in [0.4, 0.5) is 5.69 Å². The van der Waals surface area contributed by atoms with Gasteiger partial charge in [-0.05, 0) is 25.0 Å². The molecule has 0 aromatic heterocycles. The fourth-order valence-electron chi connectivity index (χ4n) is 2.26. The van der Waals surface area contributed by atoms with Crippen LogP contribution in [0.5, 0.6) is 5.75 Å². The minimum absolute atomic E-state index is 0.0838. The zero-order chi connectivity index (χ0) is 15.3. The number of phenolic OH excluding ortho intramolecular Hbond substituents is 1. The normalized spacial score (nSPS) is 12.2. The van der Waals surface area contributed by atoms with Crippen molar-refractivity contribution in [3.8, 4) is 5.75 Å². The van der Waals surface area contributed by atoms with E-state index < -0.39 is 10.8 Å². The third-order valence-corrected chi connectivity index (χ3v) is 3.54. The van der Waals surface area contributed by atoms with E-state index in [2.05, 4.69) is 5.32 Å².